The van der Waals surface area contributed by atoms with Gasteiger partial charge in [-0.25, -0.2) is 17.2 Å². The van der Waals surface area contributed by atoms with Crippen LogP contribution in [0.3, 0.4) is 0 Å². The number of allylic oxidation sites excluding steroid dienone is 6. The van der Waals surface area contributed by atoms with Crippen LogP contribution in [0.5, 0.6) is 0 Å². The summed E-state index contributed by atoms with van der Waals surface area (Å²) in [5.41, 5.74) is 2.99. The van der Waals surface area contributed by atoms with Crippen molar-refractivity contribution in [3.05, 3.63) is 93.8 Å². The number of halogens is 3. The van der Waals surface area contributed by atoms with E-state index in [1.54, 1.807) is 30.0 Å². The molecule has 4 nitrogen and oxygen atoms in total. The van der Waals surface area contributed by atoms with Gasteiger partial charge in [-0.15, -0.1) is 11.8 Å². The first-order valence-corrected chi connectivity index (χ1v) is 15.0. The fourth-order valence-corrected chi connectivity index (χ4v) is 6.82. The smallest absolute Gasteiger partial charge is 0.152 e. The van der Waals surface area contributed by atoms with E-state index in [1.165, 1.54) is 25.3 Å². The van der Waals surface area contributed by atoms with Crippen LogP contribution < -0.4 is 0 Å². The highest BCUT2D eigenvalue weighted by atomic mass is 35.5. The summed E-state index contributed by atoms with van der Waals surface area (Å²) < 4.78 is 52.8. The van der Waals surface area contributed by atoms with Crippen molar-refractivity contribution < 1.29 is 17.2 Å². The highest BCUT2D eigenvalue weighted by Crippen LogP contribution is 2.47. The lowest BCUT2D eigenvalue weighted by Crippen LogP contribution is -2.39. The predicted octanol–water partition coefficient (Wildman–Crippen LogP) is 6.74. The Morgan fingerprint density at radius 1 is 1.42 bits per heavy atom. The van der Waals surface area contributed by atoms with Gasteiger partial charge >= 0.3 is 0 Å². The fraction of sp³-hybridized carbons (Fsp3) is 0.370. The van der Waals surface area contributed by atoms with Gasteiger partial charge in [0, 0.05) is 35.5 Å². The molecule has 3 aliphatic heterocycles. The van der Waals surface area contributed by atoms with Gasteiger partial charge in [-0.3, -0.25) is 4.99 Å². The molecule has 4 rings (SSSR count). The topological polar surface area (TPSA) is 49.7 Å². The van der Waals surface area contributed by atoms with Crippen LogP contribution in [0.25, 0.3) is 0 Å². The molecule has 0 N–H and O–H groups in total. The van der Waals surface area contributed by atoms with Gasteiger partial charge in [-0.05, 0) is 48.4 Å². The molecule has 0 aliphatic carbocycles. The quantitative estimate of drug-likeness (QED) is 0.336. The van der Waals surface area contributed by atoms with Crippen molar-refractivity contribution in [1.29, 1.82) is 0 Å². The Labute approximate surface area is 221 Å². The first-order chi connectivity index (χ1) is 17.1. The monoisotopic (exact) mass is 550 g/mol. The summed E-state index contributed by atoms with van der Waals surface area (Å²) in [6.07, 6.45) is 10.7. The molecule has 1 fully saturated rings. The van der Waals surface area contributed by atoms with Gasteiger partial charge in [0.25, 0.3) is 0 Å². The number of sulfone groups is 1. The molecule has 0 amide bonds. The molecule has 1 unspecified atom stereocenters. The maximum absolute atomic E-state index is 14.0. The maximum Gasteiger partial charge on any atom is 0.152 e. The second-order valence-corrected chi connectivity index (χ2v) is 13.0. The van der Waals surface area contributed by atoms with E-state index in [2.05, 4.69) is 12.7 Å². The highest BCUT2D eigenvalue weighted by Gasteiger charge is 2.44. The average Bonchev–Trinajstić information content (AvgIpc) is 3.48. The van der Waals surface area contributed by atoms with E-state index in [0.717, 1.165) is 29.1 Å². The number of hydrogen-bond acceptors (Lipinski definition) is 5. The van der Waals surface area contributed by atoms with Crippen molar-refractivity contribution >= 4 is 39.0 Å². The van der Waals surface area contributed by atoms with E-state index < -0.39 is 33.1 Å². The van der Waals surface area contributed by atoms with Gasteiger partial charge in [0.05, 0.1) is 10.5 Å². The molecule has 9 heteroatoms. The third-order valence-electron chi connectivity index (χ3n) is 6.46. The highest BCUT2D eigenvalue weighted by molar-refractivity contribution is 8.03. The van der Waals surface area contributed by atoms with E-state index in [-0.39, 0.29) is 16.7 Å². The van der Waals surface area contributed by atoms with Crippen molar-refractivity contribution in [2.75, 3.05) is 12.8 Å². The van der Waals surface area contributed by atoms with Crippen molar-refractivity contribution in [2.24, 2.45) is 4.99 Å². The minimum absolute atomic E-state index is 0.0383. The van der Waals surface area contributed by atoms with Gasteiger partial charge in [-0.1, -0.05) is 54.6 Å². The molecule has 0 aromatic heterocycles. The Morgan fingerprint density at radius 3 is 2.81 bits per heavy atom. The Kier molecular flexibility index (Phi) is 8.27. The van der Waals surface area contributed by atoms with Crippen LogP contribution >= 0.6 is 23.4 Å². The van der Waals surface area contributed by atoms with E-state index in [0.29, 0.717) is 18.5 Å². The number of alkyl halides is 1. The number of amidine groups is 1. The third-order valence-corrected chi connectivity index (χ3v) is 9.40. The fourth-order valence-electron chi connectivity index (χ4n) is 4.73. The second kappa shape index (κ2) is 11.1. The van der Waals surface area contributed by atoms with Crippen LogP contribution in [0.1, 0.15) is 37.8 Å². The van der Waals surface area contributed by atoms with Gasteiger partial charge < -0.3 is 4.90 Å². The molecule has 36 heavy (non-hydrogen) atoms. The van der Waals surface area contributed by atoms with Crippen LogP contribution in [0.15, 0.2) is 82.4 Å². The number of thioether (sulfide) groups is 1. The SMILES string of the molecule is C=C/C=C(\C=C/CC(C)F)C1=C2C[C@H](S(C)(=O)=O)CN2C([C@@H]2CC=CS2)=N[C@H]1c1ccc(F)cc1Cl. The minimum Gasteiger partial charge on any atom is -0.331 e. The number of fused-ring (bicyclic) bond motifs is 1. The van der Waals surface area contributed by atoms with E-state index in [4.69, 9.17) is 16.6 Å². The first-order valence-electron chi connectivity index (χ1n) is 11.8. The summed E-state index contributed by atoms with van der Waals surface area (Å²) in [7, 11) is -3.33. The summed E-state index contributed by atoms with van der Waals surface area (Å²) in [5.74, 6) is 0.339. The first kappa shape index (κ1) is 26.9. The van der Waals surface area contributed by atoms with E-state index >= 15 is 0 Å². The molecule has 0 saturated carbocycles. The molecule has 0 bridgehead atoms. The van der Waals surface area contributed by atoms with Gasteiger partial charge in [0.1, 0.15) is 23.9 Å². The maximum atomic E-state index is 14.0. The molecule has 1 saturated heterocycles. The Morgan fingerprint density at radius 2 is 2.19 bits per heavy atom. The molecule has 4 atom stereocenters. The Bertz CT molecular complexity index is 1290. The van der Waals surface area contributed by atoms with Crippen molar-refractivity contribution in [3.63, 3.8) is 0 Å². The van der Waals surface area contributed by atoms with E-state index in [9.17, 15) is 17.2 Å². The molecular formula is C27H29ClF2N2O2S2. The van der Waals surface area contributed by atoms with Gasteiger partial charge in [-0.2, -0.15) is 0 Å². The van der Waals surface area contributed by atoms with Crippen LogP contribution in [-0.2, 0) is 9.84 Å². The predicted molar refractivity (Wildman–Crippen MR) is 146 cm³/mol. The summed E-state index contributed by atoms with van der Waals surface area (Å²) in [5, 5.41) is 1.72. The van der Waals surface area contributed by atoms with Gasteiger partial charge in [0.15, 0.2) is 9.84 Å². The molecule has 192 valence electrons. The van der Waals surface area contributed by atoms with Crippen molar-refractivity contribution in [1.82, 2.24) is 4.90 Å². The number of benzene rings is 1. The second-order valence-electron chi connectivity index (χ2n) is 9.19. The molecule has 1 aromatic carbocycles. The Hall–Kier alpha value is -2.16. The third kappa shape index (κ3) is 5.71. The Balaban J connectivity index is 1.94. The van der Waals surface area contributed by atoms with Crippen LogP contribution in [0, 0.1) is 5.82 Å². The largest absolute Gasteiger partial charge is 0.331 e. The zero-order valence-electron chi connectivity index (χ0n) is 20.2. The minimum atomic E-state index is -3.33. The molecular weight excluding hydrogens is 522 g/mol. The van der Waals surface area contributed by atoms with Crippen molar-refractivity contribution in [2.45, 2.75) is 48.9 Å². The normalized spacial score (nSPS) is 25.5. The summed E-state index contributed by atoms with van der Waals surface area (Å²) in [6.45, 7) is 5.64. The molecule has 0 spiro atoms. The lowest BCUT2D eigenvalue weighted by Gasteiger charge is -2.36. The molecule has 3 aliphatic rings. The summed E-state index contributed by atoms with van der Waals surface area (Å²) in [6, 6.07) is 3.65. The van der Waals surface area contributed by atoms with Crippen LogP contribution in [-0.4, -0.2) is 48.6 Å². The number of nitrogens with zero attached hydrogens (tertiary/aromatic N) is 2. The number of hydrogen-bond donors (Lipinski definition) is 0. The van der Waals surface area contributed by atoms with Crippen LogP contribution in [0.4, 0.5) is 8.78 Å². The number of aliphatic imine (C=N–C) groups is 1. The van der Waals surface area contributed by atoms with Crippen LogP contribution in [0.2, 0.25) is 5.02 Å². The summed E-state index contributed by atoms with van der Waals surface area (Å²) >= 11 is 8.18. The lowest BCUT2D eigenvalue weighted by atomic mass is 9.88. The van der Waals surface area contributed by atoms with Crippen molar-refractivity contribution in [3.8, 4) is 0 Å². The molecule has 3 heterocycles. The molecule has 0 radical (unpaired) electrons. The zero-order chi connectivity index (χ0) is 26.0. The van der Waals surface area contributed by atoms with Gasteiger partial charge in [0.2, 0.25) is 0 Å². The summed E-state index contributed by atoms with van der Waals surface area (Å²) in [4.78, 5) is 7.18. The lowest BCUT2D eigenvalue weighted by molar-refractivity contribution is 0.365. The van der Waals surface area contributed by atoms with E-state index in [1.807, 2.05) is 22.5 Å². The molecule has 1 aromatic rings. The zero-order valence-corrected chi connectivity index (χ0v) is 22.6. The average molecular weight is 551 g/mol. The standard InChI is InChI=1S/C27H29ClF2N2O2S2/c1-4-7-18(9-5-8-17(2)29)25-23-15-20(36(3,33)34)16-32(23)27(24-10-6-13-35-24)31-26(25)21-12-11-19(30)14-22(21)28/h4-7,9,11-14,17,20,24,26H,1,8,10,15-16H2,2-3H3/b9-5-,18-7+/t17?,20-,24-,26-/m0/s1. The number of rotatable bonds is 8.